The molecule has 0 atom stereocenters. The van der Waals surface area contributed by atoms with E-state index in [0.29, 0.717) is 6.54 Å². The molecule has 1 amide bonds. The van der Waals surface area contributed by atoms with Crippen LogP contribution in [-0.2, 0) is 27.8 Å². The van der Waals surface area contributed by atoms with Gasteiger partial charge >= 0.3 is 0 Å². The zero-order valence-corrected chi connectivity index (χ0v) is 15.4. The molecule has 0 unspecified atom stereocenters. The van der Waals surface area contributed by atoms with Gasteiger partial charge < -0.3 is 5.32 Å². The van der Waals surface area contributed by atoms with E-state index in [1.807, 2.05) is 54.6 Å². The summed E-state index contributed by atoms with van der Waals surface area (Å²) >= 11 is 0. The summed E-state index contributed by atoms with van der Waals surface area (Å²) in [5, 5.41) is 7.90. The first-order valence-corrected chi connectivity index (χ1v) is 9.99. The van der Waals surface area contributed by atoms with E-state index >= 15 is 0 Å². The van der Waals surface area contributed by atoms with Crippen LogP contribution >= 0.6 is 0 Å². The third-order valence-corrected chi connectivity index (χ3v) is 5.10. The van der Waals surface area contributed by atoms with Crippen molar-refractivity contribution in [2.45, 2.75) is 17.9 Å². The van der Waals surface area contributed by atoms with Crippen LogP contribution in [0.2, 0.25) is 0 Å². The molecule has 138 valence electrons. The summed E-state index contributed by atoms with van der Waals surface area (Å²) in [5.41, 5.74) is 3.97. The summed E-state index contributed by atoms with van der Waals surface area (Å²) in [4.78, 5) is 12.2. The highest BCUT2D eigenvalue weighted by atomic mass is 32.2. The monoisotopic (exact) mass is 380 g/mol. The molecule has 5 nitrogen and oxygen atoms in total. The molecule has 0 spiro atoms. The highest BCUT2D eigenvalue weighted by Crippen LogP contribution is 2.19. The van der Waals surface area contributed by atoms with E-state index in [1.54, 1.807) is 12.1 Å². The molecular weight excluding hydrogens is 360 g/mol. The third kappa shape index (κ3) is 5.26. The van der Waals surface area contributed by atoms with Crippen LogP contribution in [0.1, 0.15) is 11.1 Å². The number of hydrogen-bond acceptors (Lipinski definition) is 3. The minimum absolute atomic E-state index is 0.0519. The smallest absolute Gasteiger partial charge is 0.238 e. The molecule has 0 fully saturated rings. The third-order valence-electron chi connectivity index (χ3n) is 4.17. The van der Waals surface area contributed by atoms with E-state index in [1.165, 1.54) is 12.1 Å². The highest BCUT2D eigenvalue weighted by molar-refractivity contribution is 7.89. The Morgan fingerprint density at radius 3 is 1.93 bits per heavy atom. The van der Waals surface area contributed by atoms with Crippen molar-refractivity contribution in [1.82, 2.24) is 5.32 Å². The van der Waals surface area contributed by atoms with Crippen LogP contribution in [0.4, 0.5) is 0 Å². The molecule has 0 aliphatic rings. The second kappa shape index (κ2) is 8.16. The van der Waals surface area contributed by atoms with Crippen molar-refractivity contribution >= 4 is 15.9 Å². The number of nitrogens with one attached hydrogen (secondary N) is 1. The molecule has 0 aromatic heterocycles. The fourth-order valence-corrected chi connectivity index (χ4v) is 3.21. The molecule has 3 aromatic rings. The SMILES string of the molecule is NS(=O)(=O)c1ccc(CNC(=O)Cc2ccc(-c3ccccc3)cc2)cc1. The lowest BCUT2D eigenvalue weighted by Gasteiger charge is -2.07. The van der Waals surface area contributed by atoms with E-state index in [0.717, 1.165) is 22.3 Å². The second-order valence-electron chi connectivity index (χ2n) is 6.21. The van der Waals surface area contributed by atoms with Crippen LogP contribution in [0, 0.1) is 0 Å². The maximum Gasteiger partial charge on any atom is 0.238 e. The van der Waals surface area contributed by atoms with Crippen molar-refractivity contribution in [3.8, 4) is 11.1 Å². The molecule has 6 heteroatoms. The Morgan fingerprint density at radius 1 is 0.778 bits per heavy atom. The van der Waals surface area contributed by atoms with Crippen molar-refractivity contribution in [3.05, 3.63) is 90.0 Å². The van der Waals surface area contributed by atoms with Crippen LogP contribution in [0.25, 0.3) is 11.1 Å². The average Bonchev–Trinajstić information content (AvgIpc) is 2.67. The molecule has 3 aromatic carbocycles. The minimum atomic E-state index is -3.70. The maximum atomic E-state index is 12.1. The van der Waals surface area contributed by atoms with Gasteiger partial charge in [-0.25, -0.2) is 13.6 Å². The molecule has 0 saturated heterocycles. The van der Waals surface area contributed by atoms with Gasteiger partial charge in [0, 0.05) is 6.54 Å². The molecule has 27 heavy (non-hydrogen) atoms. The van der Waals surface area contributed by atoms with Crippen molar-refractivity contribution in [2.75, 3.05) is 0 Å². The van der Waals surface area contributed by atoms with Crippen LogP contribution in [-0.4, -0.2) is 14.3 Å². The lowest BCUT2D eigenvalue weighted by molar-refractivity contribution is -0.120. The number of nitrogens with two attached hydrogens (primary N) is 1. The Balaban J connectivity index is 1.55. The summed E-state index contributed by atoms with van der Waals surface area (Å²) in [5.74, 6) is -0.0991. The molecule has 0 saturated carbocycles. The molecule has 3 rings (SSSR count). The highest BCUT2D eigenvalue weighted by Gasteiger charge is 2.08. The van der Waals surface area contributed by atoms with Gasteiger partial charge in [-0.2, -0.15) is 0 Å². The number of amides is 1. The van der Waals surface area contributed by atoms with E-state index in [-0.39, 0.29) is 17.2 Å². The predicted molar refractivity (Wildman–Crippen MR) is 105 cm³/mol. The molecule has 0 bridgehead atoms. The quantitative estimate of drug-likeness (QED) is 0.689. The molecule has 3 N–H and O–H groups in total. The summed E-state index contributed by atoms with van der Waals surface area (Å²) in [7, 11) is -3.70. The second-order valence-corrected chi connectivity index (χ2v) is 7.77. The van der Waals surface area contributed by atoms with Gasteiger partial charge in [-0.1, -0.05) is 66.7 Å². The largest absolute Gasteiger partial charge is 0.352 e. The fourth-order valence-electron chi connectivity index (χ4n) is 2.69. The average molecular weight is 380 g/mol. The Labute approximate surface area is 158 Å². The summed E-state index contributed by atoms with van der Waals surface area (Å²) in [6, 6.07) is 24.1. The first kappa shape index (κ1) is 18.8. The zero-order chi connectivity index (χ0) is 19.3. The van der Waals surface area contributed by atoms with Crippen molar-refractivity contribution in [3.63, 3.8) is 0 Å². The molecule has 0 aliphatic carbocycles. The van der Waals surface area contributed by atoms with Gasteiger partial charge in [0.2, 0.25) is 15.9 Å². The molecule has 0 heterocycles. The van der Waals surface area contributed by atoms with Crippen molar-refractivity contribution in [1.29, 1.82) is 0 Å². The van der Waals surface area contributed by atoms with E-state index < -0.39 is 10.0 Å². The first-order valence-electron chi connectivity index (χ1n) is 8.44. The Hall–Kier alpha value is -2.96. The van der Waals surface area contributed by atoms with Crippen LogP contribution in [0.15, 0.2) is 83.8 Å². The Morgan fingerprint density at radius 2 is 1.33 bits per heavy atom. The van der Waals surface area contributed by atoms with Crippen molar-refractivity contribution < 1.29 is 13.2 Å². The lowest BCUT2D eigenvalue weighted by atomic mass is 10.0. The molecule has 0 radical (unpaired) electrons. The topological polar surface area (TPSA) is 89.3 Å². The normalized spacial score (nSPS) is 11.1. The number of sulfonamides is 1. The van der Waals surface area contributed by atoms with E-state index in [4.69, 9.17) is 5.14 Å². The van der Waals surface area contributed by atoms with Crippen LogP contribution in [0.5, 0.6) is 0 Å². The van der Waals surface area contributed by atoms with Gasteiger partial charge in [0.1, 0.15) is 0 Å². The van der Waals surface area contributed by atoms with Gasteiger partial charge in [0.05, 0.1) is 11.3 Å². The number of carbonyl (C=O) groups excluding carboxylic acids is 1. The van der Waals surface area contributed by atoms with Crippen LogP contribution in [0.3, 0.4) is 0 Å². The first-order chi connectivity index (χ1) is 12.9. The molecule has 0 aliphatic heterocycles. The van der Waals surface area contributed by atoms with E-state index in [2.05, 4.69) is 5.32 Å². The van der Waals surface area contributed by atoms with Crippen molar-refractivity contribution in [2.24, 2.45) is 5.14 Å². The number of carbonyl (C=O) groups is 1. The van der Waals surface area contributed by atoms with Gasteiger partial charge in [-0.05, 0) is 34.4 Å². The lowest BCUT2D eigenvalue weighted by Crippen LogP contribution is -2.24. The van der Waals surface area contributed by atoms with E-state index in [9.17, 15) is 13.2 Å². The molecular formula is C21H20N2O3S. The summed E-state index contributed by atoms with van der Waals surface area (Å²) in [6.07, 6.45) is 0.282. The predicted octanol–water partition coefficient (Wildman–Crippen LogP) is 2.86. The zero-order valence-electron chi connectivity index (χ0n) is 14.6. The minimum Gasteiger partial charge on any atom is -0.352 e. The fraction of sp³-hybridized carbons (Fsp3) is 0.0952. The number of benzene rings is 3. The van der Waals surface area contributed by atoms with Gasteiger partial charge in [-0.3, -0.25) is 4.79 Å². The van der Waals surface area contributed by atoms with Gasteiger partial charge in [0.15, 0.2) is 0 Å². The van der Waals surface area contributed by atoms with Gasteiger partial charge in [-0.15, -0.1) is 0 Å². The standard InChI is InChI=1S/C21H20N2O3S/c22-27(25,26)20-12-8-17(9-13-20)15-23-21(24)14-16-6-10-19(11-7-16)18-4-2-1-3-5-18/h1-13H,14-15H2,(H,23,24)(H2,22,25,26). The number of hydrogen-bond donors (Lipinski definition) is 2. The summed E-state index contributed by atoms with van der Waals surface area (Å²) < 4.78 is 22.5. The van der Waals surface area contributed by atoms with Crippen LogP contribution < -0.4 is 10.5 Å². The summed E-state index contributed by atoms with van der Waals surface area (Å²) in [6.45, 7) is 0.325. The van der Waals surface area contributed by atoms with Gasteiger partial charge in [0.25, 0.3) is 0 Å². The Bertz CT molecular complexity index is 1010. The number of rotatable bonds is 6. The number of primary sulfonamides is 1. The maximum absolute atomic E-state index is 12.1. The Kier molecular flexibility index (Phi) is 5.69.